The summed E-state index contributed by atoms with van der Waals surface area (Å²) < 4.78 is 10.9. The molecule has 0 spiro atoms. The lowest BCUT2D eigenvalue weighted by atomic mass is 10.3. The lowest BCUT2D eigenvalue weighted by Gasteiger charge is -2.14. The summed E-state index contributed by atoms with van der Waals surface area (Å²) in [7, 11) is 1.79. The summed E-state index contributed by atoms with van der Waals surface area (Å²) >= 11 is 0. The van der Waals surface area contributed by atoms with Crippen LogP contribution >= 0.6 is 0 Å². The molecule has 1 unspecified atom stereocenters. The van der Waals surface area contributed by atoms with Crippen LogP contribution < -0.4 is 14.8 Å². The van der Waals surface area contributed by atoms with Crippen LogP contribution in [0.1, 0.15) is 6.92 Å². The van der Waals surface area contributed by atoms with E-state index < -0.39 is 0 Å². The predicted octanol–water partition coefficient (Wildman–Crippen LogP) is 1.04. The number of ether oxygens (including phenoxy) is 2. The molecule has 0 radical (unpaired) electrons. The third-order valence-corrected chi connectivity index (χ3v) is 2.20. The number of rotatable bonds is 7. The van der Waals surface area contributed by atoms with Gasteiger partial charge in [0.1, 0.15) is 18.1 Å². The van der Waals surface area contributed by atoms with Crippen LogP contribution in [0.3, 0.4) is 0 Å². The Hall–Kier alpha value is -1.26. The summed E-state index contributed by atoms with van der Waals surface area (Å²) in [5, 5.41) is 11.9. The van der Waals surface area contributed by atoms with Crippen LogP contribution in [0.5, 0.6) is 11.5 Å². The SMILES string of the molecule is CCOc1cccc(OCC(CO)NC)c1. The van der Waals surface area contributed by atoms with Gasteiger partial charge in [0.25, 0.3) is 0 Å². The van der Waals surface area contributed by atoms with Crippen molar-refractivity contribution < 1.29 is 14.6 Å². The first kappa shape index (κ1) is 12.8. The number of benzene rings is 1. The Balaban J connectivity index is 2.49. The molecule has 1 rings (SSSR count). The summed E-state index contributed by atoms with van der Waals surface area (Å²) in [4.78, 5) is 0. The lowest BCUT2D eigenvalue weighted by Crippen LogP contribution is -2.34. The molecule has 1 aromatic carbocycles. The smallest absolute Gasteiger partial charge is 0.123 e. The molecular weight excluding hydrogens is 206 g/mol. The van der Waals surface area contributed by atoms with Gasteiger partial charge in [0.15, 0.2) is 0 Å². The van der Waals surface area contributed by atoms with Gasteiger partial charge in [-0.2, -0.15) is 0 Å². The molecule has 90 valence electrons. The number of nitrogens with one attached hydrogen (secondary N) is 1. The Labute approximate surface area is 96.2 Å². The highest BCUT2D eigenvalue weighted by atomic mass is 16.5. The Morgan fingerprint density at radius 1 is 1.31 bits per heavy atom. The van der Waals surface area contributed by atoms with Crippen molar-refractivity contribution in [2.75, 3.05) is 26.9 Å². The zero-order valence-electron chi connectivity index (χ0n) is 9.77. The first-order valence-electron chi connectivity index (χ1n) is 5.44. The van der Waals surface area contributed by atoms with E-state index in [1.165, 1.54) is 0 Å². The maximum absolute atomic E-state index is 8.98. The fourth-order valence-electron chi connectivity index (χ4n) is 1.24. The molecule has 0 aromatic heterocycles. The first-order chi connectivity index (χ1) is 7.80. The molecule has 0 saturated carbocycles. The van der Waals surface area contributed by atoms with Gasteiger partial charge in [0.2, 0.25) is 0 Å². The molecule has 0 aliphatic heterocycles. The third kappa shape index (κ3) is 4.08. The van der Waals surface area contributed by atoms with Gasteiger partial charge in [-0.3, -0.25) is 0 Å². The van der Waals surface area contributed by atoms with Crippen molar-refractivity contribution in [2.24, 2.45) is 0 Å². The van der Waals surface area contributed by atoms with Crippen LogP contribution in [0.15, 0.2) is 24.3 Å². The molecule has 0 fully saturated rings. The topological polar surface area (TPSA) is 50.7 Å². The molecule has 0 aliphatic rings. The highest BCUT2D eigenvalue weighted by Crippen LogP contribution is 2.19. The highest BCUT2D eigenvalue weighted by Gasteiger charge is 2.05. The summed E-state index contributed by atoms with van der Waals surface area (Å²) in [6.45, 7) is 3.07. The molecule has 1 atom stereocenters. The molecule has 0 heterocycles. The van der Waals surface area contributed by atoms with E-state index in [9.17, 15) is 0 Å². The van der Waals surface area contributed by atoms with E-state index in [0.717, 1.165) is 11.5 Å². The zero-order valence-corrected chi connectivity index (χ0v) is 9.77. The van der Waals surface area contributed by atoms with Crippen molar-refractivity contribution in [2.45, 2.75) is 13.0 Å². The number of hydrogen-bond donors (Lipinski definition) is 2. The predicted molar refractivity (Wildman–Crippen MR) is 63.0 cm³/mol. The van der Waals surface area contributed by atoms with Gasteiger partial charge in [-0.05, 0) is 26.1 Å². The fourth-order valence-corrected chi connectivity index (χ4v) is 1.24. The van der Waals surface area contributed by atoms with Gasteiger partial charge in [-0.25, -0.2) is 0 Å². The van der Waals surface area contributed by atoms with Gasteiger partial charge >= 0.3 is 0 Å². The number of aliphatic hydroxyl groups is 1. The Morgan fingerprint density at radius 2 is 2.00 bits per heavy atom. The van der Waals surface area contributed by atoms with Crippen molar-refractivity contribution in [3.05, 3.63) is 24.3 Å². The lowest BCUT2D eigenvalue weighted by molar-refractivity contribution is 0.188. The second-order valence-corrected chi connectivity index (χ2v) is 3.39. The van der Waals surface area contributed by atoms with Crippen molar-refractivity contribution in [3.8, 4) is 11.5 Å². The normalized spacial score (nSPS) is 12.2. The number of hydrogen-bond acceptors (Lipinski definition) is 4. The maximum atomic E-state index is 8.98. The summed E-state index contributed by atoms with van der Waals surface area (Å²) in [5.41, 5.74) is 0. The van der Waals surface area contributed by atoms with E-state index in [4.69, 9.17) is 14.6 Å². The molecule has 4 nitrogen and oxygen atoms in total. The average molecular weight is 225 g/mol. The third-order valence-electron chi connectivity index (χ3n) is 2.20. The van der Waals surface area contributed by atoms with E-state index >= 15 is 0 Å². The van der Waals surface area contributed by atoms with E-state index in [0.29, 0.717) is 13.2 Å². The molecule has 16 heavy (non-hydrogen) atoms. The summed E-state index contributed by atoms with van der Waals surface area (Å²) in [5.74, 6) is 1.55. The minimum Gasteiger partial charge on any atom is -0.494 e. The van der Waals surface area contributed by atoms with Gasteiger partial charge in [-0.15, -0.1) is 0 Å². The quantitative estimate of drug-likeness (QED) is 0.728. The first-order valence-corrected chi connectivity index (χ1v) is 5.44. The average Bonchev–Trinajstić information content (AvgIpc) is 2.31. The van der Waals surface area contributed by atoms with Crippen LogP contribution in [-0.4, -0.2) is 38.0 Å². The van der Waals surface area contributed by atoms with Crippen LogP contribution in [-0.2, 0) is 0 Å². The minimum atomic E-state index is -0.0456. The summed E-state index contributed by atoms with van der Waals surface area (Å²) in [6.07, 6.45) is 0. The van der Waals surface area contributed by atoms with Gasteiger partial charge in [0, 0.05) is 6.07 Å². The van der Waals surface area contributed by atoms with E-state index in [2.05, 4.69) is 5.32 Å². The van der Waals surface area contributed by atoms with E-state index in [-0.39, 0.29) is 12.6 Å². The maximum Gasteiger partial charge on any atom is 0.123 e. The largest absolute Gasteiger partial charge is 0.494 e. The molecule has 4 heteroatoms. The van der Waals surface area contributed by atoms with Crippen LogP contribution in [0.25, 0.3) is 0 Å². The molecule has 0 amide bonds. The van der Waals surface area contributed by atoms with E-state index in [1.54, 1.807) is 7.05 Å². The van der Waals surface area contributed by atoms with Crippen molar-refractivity contribution >= 4 is 0 Å². The standard InChI is InChI=1S/C12H19NO3/c1-3-15-11-5-4-6-12(7-11)16-9-10(8-14)13-2/h4-7,10,13-14H,3,8-9H2,1-2H3. The van der Waals surface area contributed by atoms with Gasteiger partial charge < -0.3 is 19.9 Å². The zero-order chi connectivity index (χ0) is 11.8. The Morgan fingerprint density at radius 3 is 2.56 bits per heavy atom. The molecule has 0 aliphatic carbocycles. The van der Waals surface area contributed by atoms with Crippen LogP contribution in [0, 0.1) is 0 Å². The van der Waals surface area contributed by atoms with Crippen molar-refractivity contribution in [1.82, 2.24) is 5.32 Å². The second kappa shape index (κ2) is 7.09. The van der Waals surface area contributed by atoms with Crippen LogP contribution in [0.2, 0.25) is 0 Å². The second-order valence-electron chi connectivity index (χ2n) is 3.39. The van der Waals surface area contributed by atoms with Gasteiger partial charge in [0.05, 0.1) is 19.3 Å². The van der Waals surface area contributed by atoms with Crippen LogP contribution in [0.4, 0.5) is 0 Å². The monoisotopic (exact) mass is 225 g/mol. The molecule has 2 N–H and O–H groups in total. The molecule has 0 saturated heterocycles. The van der Waals surface area contributed by atoms with E-state index in [1.807, 2.05) is 31.2 Å². The van der Waals surface area contributed by atoms with Crippen molar-refractivity contribution in [1.29, 1.82) is 0 Å². The van der Waals surface area contributed by atoms with Gasteiger partial charge in [-0.1, -0.05) is 6.07 Å². The number of aliphatic hydroxyl groups excluding tert-OH is 1. The van der Waals surface area contributed by atoms with Crippen molar-refractivity contribution in [3.63, 3.8) is 0 Å². The summed E-state index contributed by atoms with van der Waals surface area (Å²) in [6, 6.07) is 7.43. The Bertz CT molecular complexity index is 300. The fraction of sp³-hybridized carbons (Fsp3) is 0.500. The Kier molecular flexibility index (Phi) is 5.67. The molecular formula is C12H19NO3. The molecule has 1 aromatic rings. The number of likely N-dealkylation sites (N-methyl/N-ethyl adjacent to an activating group) is 1. The molecule has 0 bridgehead atoms. The minimum absolute atomic E-state index is 0.0456. The highest BCUT2D eigenvalue weighted by molar-refractivity contribution is 5.32.